The first kappa shape index (κ1) is 24.8. The maximum absolute atomic E-state index is 7.22. The predicted molar refractivity (Wildman–Crippen MR) is 184 cm³/mol. The summed E-state index contributed by atoms with van der Waals surface area (Å²) in [7, 11) is 0. The van der Waals surface area contributed by atoms with Gasteiger partial charge in [0.15, 0.2) is 0 Å². The Bertz CT molecular complexity index is 2130. The molecule has 0 saturated heterocycles. The normalized spacial score (nSPS) is 12.9. The van der Waals surface area contributed by atoms with Crippen molar-refractivity contribution in [2.24, 2.45) is 0 Å². The van der Waals surface area contributed by atoms with Gasteiger partial charge in [0.25, 0.3) is 6.71 Å². The fourth-order valence-electron chi connectivity index (χ4n) is 7.06. The lowest BCUT2D eigenvalue weighted by Gasteiger charge is -2.42. The van der Waals surface area contributed by atoms with E-state index in [0.717, 1.165) is 45.2 Å². The highest BCUT2D eigenvalue weighted by Crippen LogP contribution is 2.50. The first-order valence-corrected chi connectivity index (χ1v) is 15.1. The summed E-state index contributed by atoms with van der Waals surface area (Å²) < 4.78 is 7.22. The van der Waals surface area contributed by atoms with Crippen LogP contribution in [0.2, 0.25) is 0 Å². The van der Waals surface area contributed by atoms with Crippen molar-refractivity contribution < 1.29 is 4.42 Å². The van der Waals surface area contributed by atoms with Gasteiger partial charge in [-0.3, -0.25) is 0 Å². The van der Waals surface area contributed by atoms with Gasteiger partial charge < -0.3 is 14.2 Å². The molecule has 3 nitrogen and oxygen atoms in total. The average molecular weight is 562 g/mol. The lowest BCUT2D eigenvalue weighted by atomic mass is 9.35. The third-order valence-electron chi connectivity index (χ3n) is 8.84. The molecule has 0 aliphatic carbocycles. The SMILES string of the molecule is c1ccc(-c2oc3c(c2-c2ccccc2)N(c2ccccc2)c2cccc4c2B3c2ccccc2N4c2ccccc2)cc1. The van der Waals surface area contributed by atoms with Gasteiger partial charge in [0.1, 0.15) is 5.76 Å². The average Bonchev–Trinajstić information content (AvgIpc) is 3.50. The van der Waals surface area contributed by atoms with E-state index >= 15 is 0 Å². The van der Waals surface area contributed by atoms with Crippen molar-refractivity contribution in [2.75, 3.05) is 9.80 Å². The molecule has 2 aliphatic rings. The molecule has 206 valence electrons. The Balaban J connectivity index is 1.42. The van der Waals surface area contributed by atoms with Gasteiger partial charge in [-0.2, -0.15) is 0 Å². The van der Waals surface area contributed by atoms with E-state index in [4.69, 9.17) is 4.42 Å². The molecule has 0 unspecified atom stereocenters. The number of hydrogen-bond donors (Lipinski definition) is 0. The Morgan fingerprint density at radius 3 is 1.59 bits per heavy atom. The highest BCUT2D eigenvalue weighted by molar-refractivity contribution is 6.99. The molecule has 0 saturated carbocycles. The van der Waals surface area contributed by atoms with Crippen molar-refractivity contribution in [3.05, 3.63) is 164 Å². The molecule has 1 aromatic heterocycles. The molecule has 4 heteroatoms. The predicted octanol–water partition coefficient (Wildman–Crippen LogP) is 8.70. The van der Waals surface area contributed by atoms with Gasteiger partial charge in [0, 0.05) is 34.0 Å². The van der Waals surface area contributed by atoms with E-state index in [1.165, 1.54) is 28.0 Å². The van der Waals surface area contributed by atoms with Gasteiger partial charge in [-0.1, -0.05) is 121 Å². The van der Waals surface area contributed by atoms with Gasteiger partial charge in [0.05, 0.1) is 16.9 Å². The summed E-state index contributed by atoms with van der Waals surface area (Å²) in [5.41, 5.74) is 13.6. The Labute approximate surface area is 257 Å². The van der Waals surface area contributed by atoms with Crippen molar-refractivity contribution in [1.82, 2.24) is 0 Å². The number of rotatable bonds is 4. The zero-order chi connectivity index (χ0) is 29.0. The van der Waals surface area contributed by atoms with Crippen LogP contribution in [-0.2, 0) is 0 Å². The summed E-state index contributed by atoms with van der Waals surface area (Å²) in [5.74, 6) is 0.889. The zero-order valence-electron chi connectivity index (χ0n) is 24.0. The van der Waals surface area contributed by atoms with E-state index in [2.05, 4.69) is 174 Å². The van der Waals surface area contributed by atoms with Crippen LogP contribution in [0.25, 0.3) is 22.5 Å². The summed E-state index contributed by atoms with van der Waals surface area (Å²) in [5, 5.41) is 0. The summed E-state index contributed by atoms with van der Waals surface area (Å²) in [4.78, 5) is 4.82. The standard InChI is InChI=1S/C40H27BN2O/c1-5-16-28(17-6-1)36-38-40(44-39(36)29-18-7-2-8-19-29)41-32-24-13-14-25-33(32)42(30-20-9-3-10-21-30)34-26-15-27-35(37(34)41)43(38)31-22-11-4-12-23-31/h1-27H. The lowest BCUT2D eigenvalue weighted by molar-refractivity contribution is 0.616. The number of nitrogens with zero attached hydrogens (tertiary/aromatic N) is 2. The second-order valence-electron chi connectivity index (χ2n) is 11.3. The highest BCUT2D eigenvalue weighted by atomic mass is 16.3. The Hall–Kier alpha value is -5.74. The lowest BCUT2D eigenvalue weighted by Crippen LogP contribution is -2.61. The molecular formula is C40H27BN2O. The van der Waals surface area contributed by atoms with Crippen LogP contribution >= 0.6 is 0 Å². The molecule has 6 aromatic carbocycles. The first-order chi connectivity index (χ1) is 21.9. The van der Waals surface area contributed by atoms with Crippen LogP contribution in [0.4, 0.5) is 34.1 Å². The Morgan fingerprint density at radius 1 is 0.432 bits per heavy atom. The van der Waals surface area contributed by atoms with Gasteiger partial charge in [0.2, 0.25) is 0 Å². The van der Waals surface area contributed by atoms with Crippen LogP contribution in [-0.4, -0.2) is 6.71 Å². The fourth-order valence-corrected chi connectivity index (χ4v) is 7.06. The van der Waals surface area contributed by atoms with Crippen LogP contribution in [0.5, 0.6) is 0 Å². The molecule has 2 aliphatic heterocycles. The number of furan rings is 1. The number of hydrogen-bond acceptors (Lipinski definition) is 3. The molecule has 0 amide bonds. The molecule has 44 heavy (non-hydrogen) atoms. The van der Waals surface area contributed by atoms with Crippen molar-refractivity contribution in [2.45, 2.75) is 0 Å². The Kier molecular flexibility index (Phi) is 5.60. The van der Waals surface area contributed by atoms with Crippen LogP contribution in [0.3, 0.4) is 0 Å². The van der Waals surface area contributed by atoms with E-state index < -0.39 is 0 Å². The van der Waals surface area contributed by atoms with Crippen molar-refractivity contribution in [1.29, 1.82) is 0 Å². The molecule has 9 rings (SSSR count). The number of benzene rings is 6. The monoisotopic (exact) mass is 562 g/mol. The number of anilines is 6. The van der Waals surface area contributed by atoms with Gasteiger partial charge in [-0.25, -0.2) is 0 Å². The van der Waals surface area contributed by atoms with E-state index in [9.17, 15) is 0 Å². The summed E-state index contributed by atoms with van der Waals surface area (Å²) in [6.45, 7) is -0.0766. The number of fused-ring (bicyclic) bond motifs is 4. The number of para-hydroxylation sites is 3. The third kappa shape index (κ3) is 3.64. The minimum atomic E-state index is -0.0766. The van der Waals surface area contributed by atoms with Gasteiger partial charge >= 0.3 is 0 Å². The molecule has 0 spiro atoms. The van der Waals surface area contributed by atoms with Crippen LogP contribution in [0, 0.1) is 0 Å². The molecule has 3 heterocycles. The summed E-state index contributed by atoms with van der Waals surface area (Å²) in [6.07, 6.45) is 0. The van der Waals surface area contributed by atoms with Gasteiger partial charge in [-0.05, 0) is 59.0 Å². The summed E-state index contributed by atoms with van der Waals surface area (Å²) >= 11 is 0. The van der Waals surface area contributed by atoms with Crippen LogP contribution < -0.4 is 26.4 Å². The minimum absolute atomic E-state index is 0.0766. The van der Waals surface area contributed by atoms with Gasteiger partial charge in [-0.15, -0.1) is 0 Å². The second-order valence-corrected chi connectivity index (χ2v) is 11.3. The van der Waals surface area contributed by atoms with Crippen LogP contribution in [0.15, 0.2) is 168 Å². The maximum atomic E-state index is 7.22. The highest BCUT2D eigenvalue weighted by Gasteiger charge is 2.47. The molecule has 0 fully saturated rings. The third-order valence-corrected chi connectivity index (χ3v) is 8.84. The van der Waals surface area contributed by atoms with Crippen molar-refractivity contribution in [3.63, 3.8) is 0 Å². The molecule has 0 atom stereocenters. The quantitative estimate of drug-likeness (QED) is 0.200. The second kappa shape index (κ2) is 9.93. The van der Waals surface area contributed by atoms with Crippen molar-refractivity contribution in [3.8, 4) is 22.5 Å². The van der Waals surface area contributed by atoms with Crippen LogP contribution in [0.1, 0.15) is 0 Å². The van der Waals surface area contributed by atoms with E-state index in [-0.39, 0.29) is 6.71 Å². The van der Waals surface area contributed by atoms with E-state index in [0.29, 0.717) is 0 Å². The summed E-state index contributed by atoms with van der Waals surface area (Å²) in [6, 6.07) is 58.1. The van der Waals surface area contributed by atoms with E-state index in [1.54, 1.807) is 0 Å². The van der Waals surface area contributed by atoms with E-state index in [1.807, 2.05) is 0 Å². The topological polar surface area (TPSA) is 19.6 Å². The Morgan fingerprint density at radius 2 is 0.932 bits per heavy atom. The molecular weight excluding hydrogens is 535 g/mol. The minimum Gasteiger partial charge on any atom is -0.467 e. The largest absolute Gasteiger partial charge is 0.467 e. The maximum Gasteiger partial charge on any atom is 0.297 e. The first-order valence-electron chi connectivity index (χ1n) is 15.1. The molecule has 0 N–H and O–H groups in total. The van der Waals surface area contributed by atoms with Crippen molar-refractivity contribution >= 4 is 57.4 Å². The smallest absolute Gasteiger partial charge is 0.297 e. The fraction of sp³-hybridized carbons (Fsp3) is 0. The molecule has 0 radical (unpaired) electrons. The zero-order valence-corrected chi connectivity index (χ0v) is 24.0. The molecule has 0 bridgehead atoms. The molecule has 7 aromatic rings.